The molecule has 0 radical (unpaired) electrons. The van der Waals surface area contributed by atoms with E-state index in [9.17, 15) is 58.8 Å². The van der Waals surface area contributed by atoms with E-state index in [2.05, 4.69) is 41.9 Å². The molecule has 1 saturated heterocycles. The molecule has 386 valence electrons. The quantitative estimate of drug-likeness (QED) is 0.0187. The molecule has 7 amide bonds. The number of amides is 7. The third-order valence-electron chi connectivity index (χ3n) is 10.9. The lowest BCUT2D eigenvalue weighted by atomic mass is 10.0. The summed E-state index contributed by atoms with van der Waals surface area (Å²) < 4.78 is 0. The Hall–Kier alpha value is -6.68. The molecule has 27 heteroatoms. The van der Waals surface area contributed by atoms with E-state index in [0.717, 1.165) is 4.90 Å². The highest BCUT2D eigenvalue weighted by Crippen LogP contribution is 2.20. The van der Waals surface area contributed by atoms with Gasteiger partial charge in [0.05, 0.1) is 19.3 Å². The number of carboxylic acid groups (broad SMARTS) is 1. The minimum absolute atomic E-state index is 0.0108. The zero-order chi connectivity index (χ0) is 51.6. The maximum atomic E-state index is 14.3. The molecule has 69 heavy (non-hydrogen) atoms. The fourth-order valence-electron chi connectivity index (χ4n) is 7.08. The molecule has 1 aromatic carbocycles. The summed E-state index contributed by atoms with van der Waals surface area (Å²) in [6, 6.07) is -2.78. The predicted octanol–water partition coefficient (Wildman–Crippen LogP) is -6.86. The zero-order valence-electron chi connectivity index (χ0n) is 38.8. The molecule has 1 heterocycles. The molecule has 1 aromatic rings. The molecule has 1 fully saturated rings. The van der Waals surface area contributed by atoms with E-state index in [1.165, 1.54) is 6.92 Å². The van der Waals surface area contributed by atoms with Gasteiger partial charge in [-0.3, -0.25) is 43.5 Å². The second-order valence-corrected chi connectivity index (χ2v) is 16.4. The minimum Gasteiger partial charge on any atom is -0.480 e. The van der Waals surface area contributed by atoms with Crippen molar-refractivity contribution in [3.8, 4) is 0 Å². The Morgan fingerprint density at radius 1 is 0.667 bits per heavy atom. The monoisotopic (exact) mass is 978 g/mol. The van der Waals surface area contributed by atoms with Crippen molar-refractivity contribution in [1.29, 1.82) is 0 Å². The number of nitrogens with one attached hydrogen (secondary N) is 6. The fourth-order valence-corrected chi connectivity index (χ4v) is 7.08. The molecule has 0 saturated carbocycles. The summed E-state index contributed by atoms with van der Waals surface area (Å²) in [5, 5.41) is 54.4. The second-order valence-electron chi connectivity index (χ2n) is 16.4. The molecule has 22 N–H and O–H groups in total. The van der Waals surface area contributed by atoms with Crippen LogP contribution in [0.3, 0.4) is 0 Å². The number of carbonyl (C=O) groups is 8. The number of guanidine groups is 2. The van der Waals surface area contributed by atoms with E-state index in [0.29, 0.717) is 24.8 Å². The van der Waals surface area contributed by atoms with Gasteiger partial charge in [-0.15, -0.1) is 0 Å². The van der Waals surface area contributed by atoms with Crippen molar-refractivity contribution >= 4 is 59.2 Å². The molecule has 1 aliphatic rings. The van der Waals surface area contributed by atoms with E-state index >= 15 is 0 Å². The van der Waals surface area contributed by atoms with Crippen LogP contribution in [0.15, 0.2) is 40.3 Å². The smallest absolute Gasteiger partial charge is 0.326 e. The number of aliphatic hydroxyl groups is 3. The van der Waals surface area contributed by atoms with E-state index in [-0.39, 0.29) is 83.0 Å². The van der Waals surface area contributed by atoms with E-state index in [4.69, 9.17) is 34.4 Å². The molecule has 0 aliphatic carbocycles. The summed E-state index contributed by atoms with van der Waals surface area (Å²) in [7, 11) is 0. The number of carboxylic acids is 1. The van der Waals surface area contributed by atoms with Crippen molar-refractivity contribution in [1.82, 2.24) is 36.8 Å². The first-order valence-corrected chi connectivity index (χ1v) is 22.6. The number of aliphatic carboxylic acids is 1. The molecule has 0 unspecified atom stereocenters. The van der Waals surface area contributed by atoms with Crippen LogP contribution in [0, 0.1) is 0 Å². The topological polar surface area (TPSA) is 474 Å². The third-order valence-corrected chi connectivity index (χ3v) is 10.9. The van der Waals surface area contributed by atoms with Gasteiger partial charge in [0, 0.05) is 26.1 Å². The molecule has 2 rings (SSSR count). The van der Waals surface area contributed by atoms with Crippen LogP contribution in [-0.4, -0.2) is 178 Å². The molecule has 27 nitrogen and oxygen atoms in total. The van der Waals surface area contributed by atoms with E-state index in [1.54, 1.807) is 30.3 Å². The number of nitrogens with zero attached hydrogens (tertiary/aromatic N) is 3. The van der Waals surface area contributed by atoms with Crippen LogP contribution in [0.1, 0.15) is 70.3 Å². The maximum Gasteiger partial charge on any atom is 0.326 e. The van der Waals surface area contributed by atoms with Gasteiger partial charge in [0.1, 0.15) is 48.3 Å². The minimum atomic E-state index is -1.68. The van der Waals surface area contributed by atoms with Crippen LogP contribution < -0.4 is 66.3 Å². The molecular weight excluding hydrogens is 907 g/mol. The fraction of sp³-hybridized carbons (Fsp3) is 0.619. The Balaban J connectivity index is 2.40. The number of nitrogens with two attached hydrogens (primary N) is 6. The highest BCUT2D eigenvalue weighted by Gasteiger charge is 2.40. The molecule has 0 aromatic heterocycles. The number of rotatable bonds is 31. The Kier molecular flexibility index (Phi) is 26.0. The number of benzene rings is 1. The molecule has 9 atom stereocenters. The first-order valence-electron chi connectivity index (χ1n) is 22.6. The summed E-state index contributed by atoms with van der Waals surface area (Å²) in [5.74, 6) is -8.00. The Labute approximate surface area is 399 Å². The lowest BCUT2D eigenvalue weighted by Crippen LogP contribution is -2.61. The normalized spacial score (nSPS) is 16.7. The third kappa shape index (κ3) is 20.6. The zero-order valence-corrected chi connectivity index (χ0v) is 38.8. The molecular formula is C42H71N15O12. The lowest BCUT2D eigenvalue weighted by Gasteiger charge is -2.30. The van der Waals surface area contributed by atoms with E-state index in [1.807, 2.05) is 0 Å². The Morgan fingerprint density at radius 3 is 1.68 bits per heavy atom. The van der Waals surface area contributed by atoms with Gasteiger partial charge in [-0.1, -0.05) is 30.3 Å². The van der Waals surface area contributed by atoms with Gasteiger partial charge < -0.3 is 91.6 Å². The number of aliphatic imine (C=N–C) groups is 2. The summed E-state index contributed by atoms with van der Waals surface area (Å²) in [6.45, 7) is -0.132. The SMILES string of the molecule is C[C@@H](O)[C@H](N)C(=O)N[C@@H](CO)C(=O)N1CCC[C@H]1C(=O)N[C@@H](CCCCN)C(=O)N[C@@H](Cc1ccccc1)C(=O)N[C@@H](CCCN=C(N)N)C(=O)N[C@@H](CO)C(=O)N[C@@H](CCCN=C(N)N)C(=O)O. The van der Waals surface area contributed by atoms with Crippen LogP contribution in [0.4, 0.5) is 0 Å². The number of likely N-dealkylation sites (tertiary alicyclic amines) is 1. The van der Waals surface area contributed by atoms with Crippen LogP contribution in [0.2, 0.25) is 0 Å². The van der Waals surface area contributed by atoms with Gasteiger partial charge in [-0.25, -0.2) is 4.79 Å². The Bertz CT molecular complexity index is 1920. The van der Waals surface area contributed by atoms with Crippen LogP contribution in [0.25, 0.3) is 0 Å². The lowest BCUT2D eigenvalue weighted by molar-refractivity contribution is -0.143. The Morgan fingerprint density at radius 2 is 1.14 bits per heavy atom. The van der Waals surface area contributed by atoms with Crippen molar-refractivity contribution < 1.29 is 58.8 Å². The predicted molar refractivity (Wildman–Crippen MR) is 251 cm³/mol. The molecule has 1 aliphatic heterocycles. The van der Waals surface area contributed by atoms with Gasteiger partial charge in [0.15, 0.2) is 11.9 Å². The molecule has 0 spiro atoms. The first-order chi connectivity index (χ1) is 32.7. The van der Waals surface area contributed by atoms with Crippen molar-refractivity contribution in [3.05, 3.63) is 35.9 Å². The van der Waals surface area contributed by atoms with Crippen molar-refractivity contribution in [3.63, 3.8) is 0 Å². The standard InChI is InChI=1S/C42H71N15O12/c1-23(60)32(44)38(66)56-30(22-59)39(67)57-19-9-15-31(57)37(65)52-25(12-5-6-16-43)33(61)54-28(20-24-10-3-2-4-11-24)35(63)51-26(13-7-17-49-41(45)46)34(62)55-29(21-58)36(64)53-27(40(68)69)14-8-18-50-42(47)48/h2-4,10-11,23,25-32,58-60H,5-9,12-22,43-44H2,1H3,(H,51,63)(H,52,65)(H,53,64)(H,54,61)(H,55,62)(H,56,66)(H,68,69)(H4,45,46,49)(H4,47,48,50)/t23-,25+,26+,27+,28+,29+,30+,31+,32+/m1/s1. The van der Waals surface area contributed by atoms with Crippen LogP contribution in [-0.2, 0) is 44.8 Å². The highest BCUT2D eigenvalue weighted by atomic mass is 16.4. The van der Waals surface area contributed by atoms with Crippen molar-refractivity contribution in [2.75, 3.05) is 39.4 Å². The second kappa shape index (κ2) is 30.6. The van der Waals surface area contributed by atoms with Crippen LogP contribution in [0.5, 0.6) is 0 Å². The number of aliphatic hydroxyl groups excluding tert-OH is 3. The number of carbonyl (C=O) groups excluding carboxylic acids is 7. The van der Waals surface area contributed by atoms with Gasteiger partial charge in [-0.2, -0.15) is 0 Å². The van der Waals surface area contributed by atoms with Gasteiger partial charge in [-0.05, 0) is 76.8 Å². The van der Waals surface area contributed by atoms with E-state index < -0.39 is 115 Å². The highest BCUT2D eigenvalue weighted by molar-refractivity contribution is 5.98. The average Bonchev–Trinajstić information content (AvgIpc) is 3.81. The van der Waals surface area contributed by atoms with Crippen LogP contribution >= 0.6 is 0 Å². The van der Waals surface area contributed by atoms with Crippen molar-refractivity contribution in [2.24, 2.45) is 44.4 Å². The van der Waals surface area contributed by atoms with Crippen molar-refractivity contribution in [2.45, 2.75) is 126 Å². The number of hydrogen-bond donors (Lipinski definition) is 16. The summed E-state index contributed by atoms with van der Waals surface area (Å²) in [4.78, 5) is 116. The van der Waals surface area contributed by atoms with Gasteiger partial charge >= 0.3 is 5.97 Å². The van der Waals surface area contributed by atoms with Gasteiger partial charge in [0.25, 0.3) is 0 Å². The number of hydrogen-bond acceptors (Lipinski definition) is 15. The summed E-state index contributed by atoms with van der Waals surface area (Å²) in [6.07, 6.45) is 0.0174. The maximum absolute atomic E-state index is 14.3. The molecule has 0 bridgehead atoms. The largest absolute Gasteiger partial charge is 0.480 e. The first kappa shape index (κ1) is 58.4. The number of unbranched alkanes of at least 4 members (excludes halogenated alkanes) is 1. The van der Waals surface area contributed by atoms with Gasteiger partial charge in [0.2, 0.25) is 41.4 Å². The summed E-state index contributed by atoms with van der Waals surface area (Å²) in [5.41, 5.74) is 33.5. The summed E-state index contributed by atoms with van der Waals surface area (Å²) >= 11 is 0. The average molecular weight is 978 g/mol.